The van der Waals surface area contributed by atoms with Crippen molar-refractivity contribution in [1.82, 2.24) is 20.2 Å². The molecule has 0 unspecified atom stereocenters. The Bertz CT molecular complexity index is 569. The number of hydrogen-bond donors (Lipinski definition) is 1. The van der Waals surface area contributed by atoms with Crippen molar-refractivity contribution in [3.05, 3.63) is 29.6 Å². The Balaban J connectivity index is 2.41. The van der Waals surface area contributed by atoms with Crippen LogP contribution < -0.4 is 4.74 Å². The van der Waals surface area contributed by atoms with Crippen LogP contribution in [0.15, 0.2) is 18.2 Å². The lowest BCUT2D eigenvalue weighted by Crippen LogP contribution is -2.03. The smallest absolute Gasteiger partial charge is 0.340 e. The topological polar surface area (TPSA) is 90.1 Å². The number of aromatic carboxylic acids is 1. The van der Waals surface area contributed by atoms with Crippen LogP contribution in [0, 0.1) is 5.82 Å². The molecule has 0 bridgehead atoms. The van der Waals surface area contributed by atoms with Crippen molar-refractivity contribution in [2.75, 3.05) is 0 Å². The molecule has 0 atom stereocenters. The molecule has 0 saturated heterocycles. The minimum Gasteiger partial charge on any atom is -0.478 e. The molecular formula is C9H7FN4O3. The van der Waals surface area contributed by atoms with Crippen LogP contribution in [-0.4, -0.2) is 31.3 Å². The number of carboxylic acid groups (broad SMARTS) is 1. The molecule has 0 saturated carbocycles. The van der Waals surface area contributed by atoms with Crippen LogP contribution in [0.1, 0.15) is 10.4 Å². The Morgan fingerprint density at radius 1 is 1.53 bits per heavy atom. The van der Waals surface area contributed by atoms with Crippen molar-refractivity contribution in [3.8, 4) is 11.8 Å². The summed E-state index contributed by atoms with van der Waals surface area (Å²) in [7, 11) is 1.51. The van der Waals surface area contributed by atoms with E-state index in [9.17, 15) is 9.18 Å². The average Bonchev–Trinajstić information content (AvgIpc) is 2.64. The standard InChI is InChI=1S/C9H7FN4O3/c1-14-9(11-12-13-14)17-7-4-5(10)2-3-6(7)8(15)16/h2-4H,1H3,(H,15,16). The zero-order chi connectivity index (χ0) is 12.4. The van der Waals surface area contributed by atoms with E-state index in [-0.39, 0.29) is 17.3 Å². The van der Waals surface area contributed by atoms with Gasteiger partial charge in [0, 0.05) is 13.1 Å². The third-order valence-electron chi connectivity index (χ3n) is 1.96. The van der Waals surface area contributed by atoms with E-state index in [4.69, 9.17) is 9.84 Å². The molecule has 8 heteroatoms. The van der Waals surface area contributed by atoms with E-state index in [1.54, 1.807) is 0 Å². The molecule has 88 valence electrons. The van der Waals surface area contributed by atoms with Crippen LogP contribution in [0.4, 0.5) is 4.39 Å². The normalized spacial score (nSPS) is 10.2. The third-order valence-corrected chi connectivity index (χ3v) is 1.96. The van der Waals surface area contributed by atoms with Crippen molar-refractivity contribution in [2.24, 2.45) is 7.05 Å². The number of hydrogen-bond acceptors (Lipinski definition) is 5. The van der Waals surface area contributed by atoms with Gasteiger partial charge in [-0.05, 0) is 22.6 Å². The summed E-state index contributed by atoms with van der Waals surface area (Å²) in [5.74, 6) is -1.99. The molecule has 1 aromatic carbocycles. The molecule has 0 aliphatic heterocycles. The Labute approximate surface area is 94.4 Å². The van der Waals surface area contributed by atoms with Gasteiger partial charge in [-0.2, -0.15) is 4.68 Å². The Hall–Kier alpha value is -2.51. The predicted molar refractivity (Wildman–Crippen MR) is 52.2 cm³/mol. The van der Waals surface area contributed by atoms with Crippen LogP contribution >= 0.6 is 0 Å². The molecule has 1 aromatic heterocycles. The predicted octanol–water partition coefficient (Wildman–Crippen LogP) is 0.840. The highest BCUT2D eigenvalue weighted by molar-refractivity contribution is 5.90. The van der Waals surface area contributed by atoms with Gasteiger partial charge in [-0.1, -0.05) is 5.10 Å². The highest BCUT2D eigenvalue weighted by Gasteiger charge is 2.15. The number of nitrogens with zero attached hydrogens (tertiary/aromatic N) is 4. The van der Waals surface area contributed by atoms with Crippen LogP contribution in [0.2, 0.25) is 0 Å². The number of carbonyl (C=O) groups is 1. The lowest BCUT2D eigenvalue weighted by atomic mass is 10.2. The minimum atomic E-state index is -1.23. The third kappa shape index (κ3) is 2.19. The molecule has 1 N–H and O–H groups in total. The van der Waals surface area contributed by atoms with Crippen LogP contribution in [-0.2, 0) is 7.05 Å². The molecule has 0 amide bonds. The summed E-state index contributed by atoms with van der Waals surface area (Å²) in [5, 5.41) is 19.2. The Morgan fingerprint density at radius 3 is 2.88 bits per heavy atom. The van der Waals surface area contributed by atoms with Crippen molar-refractivity contribution < 1.29 is 19.0 Å². The lowest BCUT2D eigenvalue weighted by molar-refractivity contribution is 0.0694. The summed E-state index contributed by atoms with van der Waals surface area (Å²) in [5.41, 5.74) is -0.172. The molecular weight excluding hydrogens is 231 g/mol. The largest absolute Gasteiger partial charge is 0.478 e. The molecule has 7 nitrogen and oxygen atoms in total. The number of rotatable bonds is 3. The molecule has 0 radical (unpaired) electrons. The molecule has 0 spiro atoms. The van der Waals surface area contributed by atoms with Crippen molar-refractivity contribution >= 4 is 5.97 Å². The number of ether oxygens (including phenoxy) is 1. The monoisotopic (exact) mass is 238 g/mol. The second kappa shape index (κ2) is 4.16. The number of benzene rings is 1. The first-order valence-electron chi connectivity index (χ1n) is 4.51. The highest BCUT2D eigenvalue weighted by atomic mass is 19.1. The fourth-order valence-electron chi connectivity index (χ4n) is 1.16. The van der Waals surface area contributed by atoms with Gasteiger partial charge in [-0.15, -0.1) is 0 Å². The van der Waals surface area contributed by atoms with E-state index in [0.29, 0.717) is 0 Å². The molecule has 0 aliphatic carbocycles. The summed E-state index contributed by atoms with van der Waals surface area (Å²) in [6, 6.07) is 3.07. The fraction of sp³-hybridized carbons (Fsp3) is 0.111. The number of halogens is 1. The van der Waals surface area contributed by atoms with Crippen LogP contribution in [0.25, 0.3) is 0 Å². The van der Waals surface area contributed by atoms with Crippen LogP contribution in [0.5, 0.6) is 11.8 Å². The lowest BCUT2D eigenvalue weighted by Gasteiger charge is -2.06. The molecule has 2 rings (SSSR count). The maximum atomic E-state index is 13.0. The maximum absolute atomic E-state index is 13.0. The van der Waals surface area contributed by atoms with Crippen LogP contribution in [0.3, 0.4) is 0 Å². The molecule has 0 aliphatic rings. The molecule has 2 aromatic rings. The highest BCUT2D eigenvalue weighted by Crippen LogP contribution is 2.24. The first kappa shape index (κ1) is 11.0. The van der Waals surface area contributed by atoms with Gasteiger partial charge in [0.1, 0.15) is 17.1 Å². The fourth-order valence-corrected chi connectivity index (χ4v) is 1.16. The van der Waals surface area contributed by atoms with Gasteiger partial charge >= 0.3 is 12.0 Å². The summed E-state index contributed by atoms with van der Waals surface area (Å²) < 4.78 is 19.3. The van der Waals surface area contributed by atoms with E-state index in [1.165, 1.54) is 11.7 Å². The number of aryl methyl sites for hydroxylation is 1. The SMILES string of the molecule is Cn1nnnc1Oc1cc(F)ccc1C(=O)O. The summed E-state index contributed by atoms with van der Waals surface area (Å²) in [4.78, 5) is 10.9. The zero-order valence-corrected chi connectivity index (χ0v) is 8.66. The average molecular weight is 238 g/mol. The van der Waals surface area contributed by atoms with E-state index < -0.39 is 11.8 Å². The minimum absolute atomic E-state index is 0.0295. The van der Waals surface area contributed by atoms with Gasteiger partial charge < -0.3 is 9.84 Å². The van der Waals surface area contributed by atoms with Crippen molar-refractivity contribution in [3.63, 3.8) is 0 Å². The summed E-state index contributed by atoms with van der Waals surface area (Å²) >= 11 is 0. The second-order valence-electron chi connectivity index (χ2n) is 3.13. The van der Waals surface area contributed by atoms with Gasteiger partial charge in [-0.25, -0.2) is 9.18 Å². The molecule has 1 heterocycles. The number of carboxylic acids is 1. The van der Waals surface area contributed by atoms with E-state index in [0.717, 1.165) is 18.2 Å². The molecule has 17 heavy (non-hydrogen) atoms. The van der Waals surface area contributed by atoms with E-state index in [2.05, 4.69) is 15.5 Å². The molecule has 0 fully saturated rings. The van der Waals surface area contributed by atoms with E-state index in [1.807, 2.05) is 0 Å². The summed E-state index contributed by atoms with van der Waals surface area (Å²) in [6.07, 6.45) is 0. The first-order valence-corrected chi connectivity index (χ1v) is 4.51. The van der Waals surface area contributed by atoms with Crippen molar-refractivity contribution in [2.45, 2.75) is 0 Å². The van der Waals surface area contributed by atoms with Gasteiger partial charge in [-0.3, -0.25) is 0 Å². The number of aromatic nitrogens is 4. The Morgan fingerprint density at radius 2 is 2.29 bits per heavy atom. The quantitative estimate of drug-likeness (QED) is 0.852. The zero-order valence-electron chi connectivity index (χ0n) is 8.66. The van der Waals surface area contributed by atoms with Gasteiger partial charge in [0.15, 0.2) is 0 Å². The van der Waals surface area contributed by atoms with Gasteiger partial charge in [0.25, 0.3) is 0 Å². The van der Waals surface area contributed by atoms with E-state index >= 15 is 0 Å². The van der Waals surface area contributed by atoms with Gasteiger partial charge in [0.2, 0.25) is 0 Å². The Kier molecular flexibility index (Phi) is 2.69. The maximum Gasteiger partial charge on any atom is 0.340 e. The van der Waals surface area contributed by atoms with Gasteiger partial charge in [0.05, 0.1) is 0 Å². The first-order chi connectivity index (χ1) is 8.08. The second-order valence-corrected chi connectivity index (χ2v) is 3.13. The number of tetrazole rings is 1. The van der Waals surface area contributed by atoms with Crippen molar-refractivity contribution in [1.29, 1.82) is 0 Å². The summed E-state index contributed by atoms with van der Waals surface area (Å²) in [6.45, 7) is 0.